The van der Waals surface area contributed by atoms with Crippen LogP contribution < -0.4 is 15.4 Å². The SMILES string of the molecule is COc1ccc(C(=O)Nc2ccc(CCO)cc2)c(NC(=O)c2ccc([N+](=O)[O-])cc2)c1. The number of anilines is 2. The van der Waals surface area contributed by atoms with E-state index in [4.69, 9.17) is 9.84 Å². The van der Waals surface area contributed by atoms with Crippen molar-refractivity contribution in [3.8, 4) is 5.75 Å². The molecule has 0 unspecified atom stereocenters. The summed E-state index contributed by atoms with van der Waals surface area (Å²) in [6, 6.07) is 16.8. The number of carbonyl (C=O) groups is 2. The van der Waals surface area contributed by atoms with Gasteiger partial charge in [-0.15, -0.1) is 0 Å². The molecule has 3 N–H and O–H groups in total. The first kappa shape index (κ1) is 22.4. The van der Waals surface area contributed by atoms with E-state index in [-0.39, 0.29) is 29.1 Å². The molecule has 0 bridgehead atoms. The largest absolute Gasteiger partial charge is 0.497 e. The van der Waals surface area contributed by atoms with E-state index in [0.29, 0.717) is 17.9 Å². The number of ether oxygens (including phenoxy) is 1. The van der Waals surface area contributed by atoms with E-state index in [1.165, 1.54) is 43.5 Å². The molecule has 0 saturated heterocycles. The number of hydrogen-bond acceptors (Lipinski definition) is 6. The van der Waals surface area contributed by atoms with Crippen LogP contribution in [0.3, 0.4) is 0 Å². The van der Waals surface area contributed by atoms with Crippen LogP contribution in [0.4, 0.5) is 17.1 Å². The number of rotatable bonds is 8. The number of methoxy groups -OCH3 is 1. The average Bonchev–Trinajstić information content (AvgIpc) is 2.80. The highest BCUT2D eigenvalue weighted by Gasteiger charge is 2.17. The Hall–Kier alpha value is -4.24. The molecule has 0 aliphatic rings. The summed E-state index contributed by atoms with van der Waals surface area (Å²) in [6.45, 7) is 0.0371. The number of nitro groups is 1. The van der Waals surface area contributed by atoms with E-state index in [9.17, 15) is 19.7 Å². The third-order valence-electron chi connectivity index (χ3n) is 4.67. The maximum absolute atomic E-state index is 12.9. The van der Waals surface area contributed by atoms with Crippen LogP contribution in [-0.2, 0) is 6.42 Å². The van der Waals surface area contributed by atoms with Crippen LogP contribution in [0.2, 0.25) is 0 Å². The molecule has 9 heteroatoms. The maximum Gasteiger partial charge on any atom is 0.269 e. The fraction of sp³-hybridized carbons (Fsp3) is 0.130. The molecule has 0 atom stereocenters. The Morgan fingerprint density at radius 1 is 0.969 bits per heavy atom. The normalized spacial score (nSPS) is 10.3. The predicted molar refractivity (Wildman–Crippen MR) is 119 cm³/mol. The van der Waals surface area contributed by atoms with Gasteiger partial charge >= 0.3 is 0 Å². The molecule has 32 heavy (non-hydrogen) atoms. The lowest BCUT2D eigenvalue weighted by Gasteiger charge is -2.13. The van der Waals surface area contributed by atoms with E-state index in [2.05, 4.69) is 10.6 Å². The van der Waals surface area contributed by atoms with Crippen LogP contribution in [0.25, 0.3) is 0 Å². The van der Waals surface area contributed by atoms with Gasteiger partial charge in [0, 0.05) is 36.1 Å². The zero-order valence-electron chi connectivity index (χ0n) is 17.2. The van der Waals surface area contributed by atoms with Crippen LogP contribution in [0.15, 0.2) is 66.7 Å². The average molecular weight is 435 g/mol. The number of aliphatic hydroxyl groups excluding tert-OH is 1. The van der Waals surface area contributed by atoms with Crippen LogP contribution in [0.1, 0.15) is 26.3 Å². The van der Waals surface area contributed by atoms with Crippen molar-refractivity contribution in [2.75, 3.05) is 24.4 Å². The van der Waals surface area contributed by atoms with Crippen molar-refractivity contribution in [3.05, 3.63) is 93.5 Å². The van der Waals surface area contributed by atoms with Gasteiger partial charge in [0.05, 0.1) is 23.3 Å². The van der Waals surface area contributed by atoms with Crippen molar-refractivity contribution < 1.29 is 24.4 Å². The standard InChI is InChI=1S/C23H21N3O6/c1-32-19-10-11-20(23(29)24-17-6-2-15(3-7-17)12-13-27)21(14-19)25-22(28)16-4-8-18(9-5-16)26(30)31/h2-11,14,27H,12-13H2,1H3,(H,24,29)(H,25,28). The van der Waals surface area contributed by atoms with Gasteiger partial charge in [0.1, 0.15) is 5.75 Å². The van der Waals surface area contributed by atoms with E-state index in [1.807, 2.05) is 0 Å². The molecule has 0 aromatic heterocycles. The van der Waals surface area contributed by atoms with Crippen molar-refractivity contribution >= 4 is 28.9 Å². The number of hydrogen-bond donors (Lipinski definition) is 3. The first-order valence-electron chi connectivity index (χ1n) is 9.66. The van der Waals surface area contributed by atoms with Crippen LogP contribution in [0, 0.1) is 10.1 Å². The summed E-state index contributed by atoms with van der Waals surface area (Å²) in [4.78, 5) is 35.8. The van der Waals surface area contributed by atoms with Gasteiger partial charge in [0.2, 0.25) is 0 Å². The van der Waals surface area contributed by atoms with Crippen LogP contribution in [0.5, 0.6) is 5.75 Å². The lowest BCUT2D eigenvalue weighted by atomic mass is 10.1. The number of non-ortho nitro benzene ring substituents is 1. The molecule has 3 aromatic rings. The maximum atomic E-state index is 12.9. The minimum atomic E-state index is -0.553. The summed E-state index contributed by atoms with van der Waals surface area (Å²) in [5.74, 6) is -0.536. The van der Waals surface area contributed by atoms with E-state index in [1.54, 1.807) is 30.3 Å². The molecule has 0 aliphatic heterocycles. The molecule has 0 fully saturated rings. The molecule has 3 rings (SSSR count). The van der Waals surface area contributed by atoms with E-state index >= 15 is 0 Å². The number of carbonyl (C=O) groups excluding carboxylic acids is 2. The Labute approximate surface area is 183 Å². The highest BCUT2D eigenvalue weighted by Crippen LogP contribution is 2.25. The first-order chi connectivity index (χ1) is 15.4. The fourth-order valence-corrected chi connectivity index (χ4v) is 2.96. The lowest BCUT2D eigenvalue weighted by Crippen LogP contribution is -2.18. The highest BCUT2D eigenvalue weighted by molar-refractivity contribution is 6.12. The summed E-state index contributed by atoms with van der Waals surface area (Å²) in [5, 5.41) is 25.2. The molecule has 0 aliphatic carbocycles. The van der Waals surface area contributed by atoms with Gasteiger partial charge in [0.25, 0.3) is 17.5 Å². The fourth-order valence-electron chi connectivity index (χ4n) is 2.96. The molecule has 0 spiro atoms. The number of nitro benzene ring substituents is 1. The number of aliphatic hydroxyl groups is 1. The van der Waals surface area contributed by atoms with Crippen molar-refractivity contribution in [1.29, 1.82) is 0 Å². The second-order valence-electron chi connectivity index (χ2n) is 6.79. The van der Waals surface area contributed by atoms with Crippen molar-refractivity contribution in [2.24, 2.45) is 0 Å². The third kappa shape index (κ3) is 5.46. The van der Waals surface area contributed by atoms with E-state index in [0.717, 1.165) is 5.56 Å². The summed E-state index contributed by atoms with van der Waals surface area (Å²) in [5.41, 5.74) is 1.99. The molecule has 2 amide bonds. The number of benzene rings is 3. The molecule has 0 radical (unpaired) electrons. The second-order valence-corrected chi connectivity index (χ2v) is 6.79. The molecule has 0 saturated carbocycles. The van der Waals surface area contributed by atoms with Gasteiger partial charge in [-0.05, 0) is 48.4 Å². The molecular formula is C23H21N3O6. The number of amides is 2. The number of nitrogens with zero attached hydrogens (tertiary/aromatic N) is 1. The minimum absolute atomic E-state index is 0.0371. The Morgan fingerprint density at radius 2 is 1.66 bits per heavy atom. The van der Waals surface area contributed by atoms with Crippen molar-refractivity contribution in [3.63, 3.8) is 0 Å². The van der Waals surface area contributed by atoms with Gasteiger partial charge in [-0.25, -0.2) is 0 Å². The summed E-state index contributed by atoms with van der Waals surface area (Å²) >= 11 is 0. The third-order valence-corrected chi connectivity index (χ3v) is 4.67. The Bertz CT molecular complexity index is 1130. The minimum Gasteiger partial charge on any atom is -0.497 e. The Balaban J connectivity index is 1.81. The van der Waals surface area contributed by atoms with Crippen LogP contribution >= 0.6 is 0 Å². The summed E-state index contributed by atoms with van der Waals surface area (Å²) in [6.07, 6.45) is 0.519. The second kappa shape index (κ2) is 10.2. The highest BCUT2D eigenvalue weighted by atomic mass is 16.6. The first-order valence-corrected chi connectivity index (χ1v) is 9.66. The zero-order chi connectivity index (χ0) is 23.1. The van der Waals surface area contributed by atoms with Crippen molar-refractivity contribution in [2.45, 2.75) is 6.42 Å². The van der Waals surface area contributed by atoms with Gasteiger partial charge in [-0.2, -0.15) is 0 Å². The quantitative estimate of drug-likeness (QED) is 0.366. The summed E-state index contributed by atoms with van der Waals surface area (Å²) in [7, 11) is 1.46. The Kier molecular flexibility index (Phi) is 7.14. The van der Waals surface area contributed by atoms with Gasteiger partial charge in [-0.1, -0.05) is 12.1 Å². The predicted octanol–water partition coefficient (Wildman–Crippen LogP) is 3.64. The monoisotopic (exact) mass is 435 g/mol. The molecule has 3 aromatic carbocycles. The number of nitrogens with one attached hydrogen (secondary N) is 2. The Morgan fingerprint density at radius 3 is 2.25 bits per heavy atom. The molecule has 0 heterocycles. The molecular weight excluding hydrogens is 414 g/mol. The van der Waals surface area contributed by atoms with Gasteiger partial charge in [-0.3, -0.25) is 19.7 Å². The molecule has 164 valence electrons. The zero-order valence-corrected chi connectivity index (χ0v) is 17.2. The lowest BCUT2D eigenvalue weighted by molar-refractivity contribution is -0.384. The summed E-state index contributed by atoms with van der Waals surface area (Å²) < 4.78 is 5.19. The smallest absolute Gasteiger partial charge is 0.269 e. The van der Waals surface area contributed by atoms with E-state index < -0.39 is 16.7 Å². The topological polar surface area (TPSA) is 131 Å². The molecule has 9 nitrogen and oxygen atoms in total. The van der Waals surface area contributed by atoms with Gasteiger partial charge < -0.3 is 20.5 Å². The van der Waals surface area contributed by atoms with Crippen molar-refractivity contribution in [1.82, 2.24) is 0 Å². The van der Waals surface area contributed by atoms with Crippen LogP contribution in [-0.4, -0.2) is 35.6 Å². The van der Waals surface area contributed by atoms with Gasteiger partial charge in [0.15, 0.2) is 0 Å².